The molecule has 0 saturated heterocycles. The molecule has 5 rings (SSSR count). The van der Waals surface area contributed by atoms with Crippen molar-refractivity contribution < 1.29 is 9.32 Å². The highest BCUT2D eigenvalue weighted by Gasteiger charge is 2.32. The Labute approximate surface area is 144 Å². The van der Waals surface area contributed by atoms with Crippen LogP contribution in [0.5, 0.6) is 0 Å². The van der Waals surface area contributed by atoms with Gasteiger partial charge in [-0.1, -0.05) is 11.2 Å². The number of aryl methyl sites for hydroxylation is 1. The first-order chi connectivity index (χ1) is 11.8. The molecular weight excluding hydrogens is 322 g/mol. The highest BCUT2D eigenvalue weighted by molar-refractivity contribution is 7.17. The Morgan fingerprint density at radius 2 is 2.17 bits per heavy atom. The van der Waals surface area contributed by atoms with E-state index in [9.17, 15) is 4.79 Å². The van der Waals surface area contributed by atoms with Crippen molar-refractivity contribution in [3.63, 3.8) is 0 Å². The van der Waals surface area contributed by atoms with Crippen LogP contribution in [0.25, 0.3) is 11.5 Å². The summed E-state index contributed by atoms with van der Waals surface area (Å²) in [6, 6.07) is 0. The van der Waals surface area contributed by atoms with Gasteiger partial charge in [0.2, 0.25) is 0 Å². The van der Waals surface area contributed by atoms with Gasteiger partial charge in [0.15, 0.2) is 5.82 Å². The van der Waals surface area contributed by atoms with Crippen LogP contribution in [0.1, 0.15) is 60.7 Å². The fraction of sp³-hybridized carbons (Fsp3) is 0.500. The maximum Gasteiger partial charge on any atom is 0.261 e. The number of allylic oxidation sites excluding steroid dienone is 1. The van der Waals surface area contributed by atoms with E-state index in [2.05, 4.69) is 15.5 Å². The van der Waals surface area contributed by atoms with Crippen LogP contribution in [0.4, 0.5) is 5.00 Å². The highest BCUT2D eigenvalue weighted by atomic mass is 32.1. The van der Waals surface area contributed by atoms with E-state index in [0.29, 0.717) is 11.8 Å². The minimum atomic E-state index is 0.0237. The minimum Gasteiger partial charge on any atom is -0.334 e. The Morgan fingerprint density at radius 1 is 1.25 bits per heavy atom. The molecule has 0 atom stereocenters. The third-order valence-corrected chi connectivity index (χ3v) is 6.29. The van der Waals surface area contributed by atoms with E-state index < -0.39 is 0 Å². The van der Waals surface area contributed by atoms with E-state index in [0.717, 1.165) is 73.3 Å². The molecule has 0 aliphatic heterocycles. The van der Waals surface area contributed by atoms with Crippen molar-refractivity contribution in [3.8, 4) is 11.5 Å². The van der Waals surface area contributed by atoms with Crippen LogP contribution in [0, 0.1) is 0 Å². The normalized spacial score (nSPS) is 19.4. The molecular formula is C18H19N3O2S. The molecule has 5 nitrogen and oxygen atoms in total. The molecule has 0 radical (unpaired) electrons. The smallest absolute Gasteiger partial charge is 0.261 e. The molecule has 1 fully saturated rings. The Morgan fingerprint density at radius 3 is 2.96 bits per heavy atom. The van der Waals surface area contributed by atoms with E-state index in [1.165, 1.54) is 10.4 Å². The third-order valence-electron chi connectivity index (χ3n) is 5.08. The van der Waals surface area contributed by atoms with E-state index in [1.807, 2.05) is 6.08 Å². The number of hydrogen-bond donors (Lipinski definition) is 1. The van der Waals surface area contributed by atoms with Crippen LogP contribution in [-0.2, 0) is 17.6 Å². The third kappa shape index (κ3) is 2.40. The van der Waals surface area contributed by atoms with Gasteiger partial charge in [-0.15, -0.1) is 11.3 Å². The lowest BCUT2D eigenvalue weighted by atomic mass is 10.1. The Kier molecular flexibility index (Phi) is 3.33. The molecule has 0 unspecified atom stereocenters. The number of aromatic nitrogens is 2. The molecule has 0 spiro atoms. The summed E-state index contributed by atoms with van der Waals surface area (Å²) in [6.07, 6.45) is 10.6. The number of fused-ring (bicyclic) bond motifs is 1. The number of rotatable bonds is 4. The number of carbonyl (C=O) groups is 1. The molecule has 2 aromatic rings. The van der Waals surface area contributed by atoms with Crippen LogP contribution in [0.15, 0.2) is 16.2 Å². The van der Waals surface area contributed by atoms with E-state index >= 15 is 0 Å². The lowest BCUT2D eigenvalue weighted by molar-refractivity contribution is -0.112. The van der Waals surface area contributed by atoms with Crippen molar-refractivity contribution in [2.24, 2.45) is 0 Å². The average molecular weight is 341 g/mol. The molecule has 0 bridgehead atoms. The molecule has 1 amide bonds. The molecule has 6 heteroatoms. The quantitative estimate of drug-likeness (QED) is 0.904. The molecule has 0 aromatic carbocycles. The van der Waals surface area contributed by atoms with Gasteiger partial charge in [0.1, 0.15) is 5.00 Å². The van der Waals surface area contributed by atoms with Gasteiger partial charge in [-0.05, 0) is 56.9 Å². The van der Waals surface area contributed by atoms with Crippen LogP contribution in [-0.4, -0.2) is 16.0 Å². The molecule has 1 N–H and O–H groups in total. The second-order valence-electron chi connectivity index (χ2n) is 6.87. The summed E-state index contributed by atoms with van der Waals surface area (Å²) in [7, 11) is 0. The minimum absolute atomic E-state index is 0.0237. The predicted molar refractivity (Wildman–Crippen MR) is 92.2 cm³/mol. The summed E-state index contributed by atoms with van der Waals surface area (Å²) in [5.74, 6) is 1.89. The molecule has 3 aliphatic carbocycles. The highest BCUT2D eigenvalue weighted by Crippen LogP contribution is 2.46. The van der Waals surface area contributed by atoms with Crippen molar-refractivity contribution in [1.29, 1.82) is 0 Å². The second-order valence-corrected chi connectivity index (χ2v) is 7.97. The second kappa shape index (κ2) is 5.55. The predicted octanol–water partition coefficient (Wildman–Crippen LogP) is 4.21. The summed E-state index contributed by atoms with van der Waals surface area (Å²) >= 11 is 1.68. The van der Waals surface area contributed by atoms with Gasteiger partial charge in [-0.25, -0.2) is 0 Å². The van der Waals surface area contributed by atoms with Crippen LogP contribution in [0.2, 0.25) is 0 Å². The molecule has 2 aromatic heterocycles. The first-order valence-electron chi connectivity index (χ1n) is 8.78. The molecule has 124 valence electrons. The molecule has 3 aliphatic rings. The van der Waals surface area contributed by atoms with Gasteiger partial charge < -0.3 is 9.84 Å². The number of thiophene rings is 1. The molecule has 24 heavy (non-hydrogen) atoms. The lowest BCUT2D eigenvalue weighted by Gasteiger charge is -2.06. The van der Waals surface area contributed by atoms with E-state index in [1.54, 1.807) is 11.3 Å². The van der Waals surface area contributed by atoms with Gasteiger partial charge in [0.05, 0.1) is 5.56 Å². The Balaban J connectivity index is 1.51. The first-order valence-corrected chi connectivity index (χ1v) is 9.60. The maximum atomic E-state index is 12.5. The Bertz CT molecular complexity index is 845. The van der Waals surface area contributed by atoms with E-state index in [4.69, 9.17) is 4.52 Å². The largest absolute Gasteiger partial charge is 0.334 e. The van der Waals surface area contributed by atoms with Crippen molar-refractivity contribution in [1.82, 2.24) is 10.1 Å². The van der Waals surface area contributed by atoms with Gasteiger partial charge in [0.25, 0.3) is 11.8 Å². The van der Waals surface area contributed by atoms with Crippen molar-refractivity contribution >= 4 is 22.2 Å². The molecule has 1 saturated carbocycles. The van der Waals surface area contributed by atoms with E-state index in [-0.39, 0.29) is 5.91 Å². The zero-order valence-corrected chi connectivity index (χ0v) is 14.2. The summed E-state index contributed by atoms with van der Waals surface area (Å²) < 4.78 is 5.56. The summed E-state index contributed by atoms with van der Waals surface area (Å²) in [5.41, 5.74) is 3.17. The van der Waals surface area contributed by atoms with Crippen LogP contribution >= 0.6 is 11.3 Å². The zero-order valence-electron chi connectivity index (χ0n) is 13.4. The summed E-state index contributed by atoms with van der Waals surface area (Å²) in [6.45, 7) is 0. The van der Waals surface area contributed by atoms with Crippen molar-refractivity contribution in [2.45, 2.75) is 57.3 Å². The number of nitrogens with zero attached hydrogens (tertiary/aromatic N) is 2. The average Bonchev–Trinajstić information content (AvgIpc) is 3.04. The van der Waals surface area contributed by atoms with Gasteiger partial charge in [0, 0.05) is 16.4 Å². The number of anilines is 1. The summed E-state index contributed by atoms with van der Waals surface area (Å²) in [4.78, 5) is 18.5. The van der Waals surface area contributed by atoms with Crippen molar-refractivity contribution in [2.75, 3.05) is 5.32 Å². The Hall–Kier alpha value is -1.95. The van der Waals surface area contributed by atoms with Crippen LogP contribution in [0.3, 0.4) is 0 Å². The van der Waals surface area contributed by atoms with Gasteiger partial charge in [-0.3, -0.25) is 4.79 Å². The van der Waals surface area contributed by atoms with Gasteiger partial charge in [-0.2, -0.15) is 4.98 Å². The standard InChI is InChI=1S/C18H19N3O2S/c22-16(11-4-1-2-5-11)20-18-14(12-6-3-7-13(12)24-18)17-19-15(21-23-17)10-8-9-10/h4,10H,1-3,5-9H2,(H,20,22). The summed E-state index contributed by atoms with van der Waals surface area (Å²) in [5, 5.41) is 8.15. The number of hydrogen-bond acceptors (Lipinski definition) is 5. The monoisotopic (exact) mass is 341 g/mol. The lowest BCUT2D eigenvalue weighted by Crippen LogP contribution is -2.13. The van der Waals surface area contributed by atoms with Crippen molar-refractivity contribution in [3.05, 3.63) is 27.9 Å². The number of amides is 1. The van der Waals surface area contributed by atoms with Gasteiger partial charge >= 0.3 is 0 Å². The first kappa shape index (κ1) is 14.4. The number of nitrogens with one attached hydrogen (secondary N) is 1. The topological polar surface area (TPSA) is 68.0 Å². The molecule has 2 heterocycles. The fourth-order valence-electron chi connectivity index (χ4n) is 3.62. The zero-order chi connectivity index (χ0) is 16.1. The SMILES string of the molecule is O=C(Nc1sc2c(c1-c1nc(C3CC3)no1)CCC2)C1=CCCC1. The number of carbonyl (C=O) groups excluding carboxylic acids is 1. The van der Waals surface area contributed by atoms with Crippen LogP contribution < -0.4 is 5.32 Å². The maximum absolute atomic E-state index is 12.5. The fourth-order valence-corrected chi connectivity index (χ4v) is 4.90.